The quantitative estimate of drug-likeness (QED) is 0.0440. The highest BCUT2D eigenvalue weighted by atomic mass is 16.3. The smallest absolute Gasteiger partial charge is 0.220 e. The number of carbonyl (C=O) groups is 1. The third kappa shape index (κ3) is 37.9. The number of aliphatic hydroxyl groups excluding tert-OH is 2. The van der Waals surface area contributed by atoms with Crippen LogP contribution in [0.4, 0.5) is 0 Å². The van der Waals surface area contributed by atoms with Gasteiger partial charge in [0.25, 0.3) is 0 Å². The molecular weight excluding hydrogens is 615 g/mol. The Kier molecular flexibility index (Phi) is 40.9. The van der Waals surface area contributed by atoms with Crippen LogP contribution in [0.2, 0.25) is 0 Å². The number of hydrogen-bond acceptors (Lipinski definition) is 3. The van der Waals surface area contributed by atoms with E-state index in [1.54, 1.807) is 0 Å². The largest absolute Gasteiger partial charge is 0.394 e. The number of nitrogens with one attached hydrogen (secondary N) is 1. The minimum Gasteiger partial charge on any atom is -0.394 e. The molecule has 0 saturated carbocycles. The molecule has 2 atom stereocenters. The number of amides is 1. The Bertz CT molecular complexity index is 760. The van der Waals surface area contributed by atoms with Crippen LogP contribution in [0.15, 0.2) is 36.5 Å². The molecule has 0 rings (SSSR count). The molecule has 0 aromatic rings. The number of carbonyl (C=O) groups excluding carboxylic acids is 1. The SMILES string of the molecule is CC/C=C\C/C=C\C/C=C\CCCCCC(=O)NC(CO)C(O)CCCCCCCCCCCCCCCCCCCCCCCCCCC. The summed E-state index contributed by atoms with van der Waals surface area (Å²) in [6, 6.07) is -0.551. The fourth-order valence-corrected chi connectivity index (χ4v) is 6.79. The van der Waals surface area contributed by atoms with Gasteiger partial charge in [-0.15, -0.1) is 0 Å². The first-order valence-corrected chi connectivity index (χ1v) is 22.2. The van der Waals surface area contributed by atoms with E-state index in [4.69, 9.17) is 0 Å². The summed E-state index contributed by atoms with van der Waals surface area (Å²) in [4.78, 5) is 12.3. The average Bonchev–Trinajstić information content (AvgIpc) is 3.12. The first-order chi connectivity index (χ1) is 24.7. The molecule has 1 amide bonds. The molecule has 2 unspecified atom stereocenters. The average molecular weight is 702 g/mol. The van der Waals surface area contributed by atoms with Crippen molar-refractivity contribution >= 4 is 5.91 Å². The third-order valence-electron chi connectivity index (χ3n) is 10.2. The Morgan fingerprint density at radius 1 is 0.500 bits per heavy atom. The minimum absolute atomic E-state index is 0.0595. The standard InChI is InChI=1S/C46H87NO3/c1-3-5-7-9-11-13-15-17-18-19-20-21-22-23-24-25-26-27-28-30-31-33-35-37-39-41-45(49)44(43-48)47-46(50)42-40-38-36-34-32-29-16-14-12-10-8-6-4-2/h6,8,12,14,29,32,44-45,48-49H,3-5,7,9-11,13,15-28,30-31,33-43H2,1-2H3,(H,47,50)/b8-6-,14-12-,32-29-. The van der Waals surface area contributed by atoms with E-state index in [2.05, 4.69) is 55.6 Å². The molecule has 0 aromatic carbocycles. The fourth-order valence-electron chi connectivity index (χ4n) is 6.79. The van der Waals surface area contributed by atoms with E-state index in [9.17, 15) is 15.0 Å². The molecule has 4 heteroatoms. The molecule has 0 aliphatic heterocycles. The monoisotopic (exact) mass is 702 g/mol. The summed E-state index contributed by atoms with van der Waals surface area (Å²) in [7, 11) is 0. The molecule has 0 heterocycles. The Morgan fingerprint density at radius 3 is 1.30 bits per heavy atom. The van der Waals surface area contributed by atoms with Crippen molar-refractivity contribution in [2.45, 2.75) is 244 Å². The molecule has 50 heavy (non-hydrogen) atoms. The summed E-state index contributed by atoms with van der Waals surface area (Å²) in [5, 5.41) is 23.1. The van der Waals surface area contributed by atoms with Gasteiger partial charge in [-0.3, -0.25) is 4.79 Å². The normalized spacial score (nSPS) is 13.3. The molecule has 0 fully saturated rings. The van der Waals surface area contributed by atoms with Gasteiger partial charge in [0.15, 0.2) is 0 Å². The van der Waals surface area contributed by atoms with E-state index >= 15 is 0 Å². The van der Waals surface area contributed by atoms with Crippen LogP contribution >= 0.6 is 0 Å². The lowest BCUT2D eigenvalue weighted by molar-refractivity contribution is -0.123. The van der Waals surface area contributed by atoms with Crippen LogP contribution in [0.3, 0.4) is 0 Å². The highest BCUT2D eigenvalue weighted by Crippen LogP contribution is 2.16. The molecule has 0 bridgehead atoms. The molecule has 0 saturated heterocycles. The predicted octanol–water partition coefficient (Wildman–Crippen LogP) is 13.8. The Hall–Kier alpha value is -1.39. The lowest BCUT2D eigenvalue weighted by atomic mass is 10.0. The number of allylic oxidation sites excluding steroid dienone is 6. The second-order valence-electron chi connectivity index (χ2n) is 15.1. The maximum atomic E-state index is 12.3. The van der Waals surface area contributed by atoms with Crippen LogP contribution < -0.4 is 5.32 Å². The summed E-state index contributed by atoms with van der Waals surface area (Å²) >= 11 is 0. The van der Waals surface area contributed by atoms with Crippen LogP contribution in [0.1, 0.15) is 232 Å². The van der Waals surface area contributed by atoms with E-state index in [1.807, 2.05) is 0 Å². The summed E-state index contributed by atoms with van der Waals surface area (Å²) in [6.45, 7) is 4.24. The van der Waals surface area contributed by atoms with Crippen molar-refractivity contribution in [1.29, 1.82) is 0 Å². The molecule has 0 radical (unpaired) electrons. The van der Waals surface area contributed by atoms with Gasteiger partial charge in [0.05, 0.1) is 18.8 Å². The zero-order valence-corrected chi connectivity index (χ0v) is 33.7. The van der Waals surface area contributed by atoms with Gasteiger partial charge < -0.3 is 15.5 Å². The highest BCUT2D eigenvalue weighted by Gasteiger charge is 2.19. The molecular formula is C46H87NO3. The van der Waals surface area contributed by atoms with Crippen molar-refractivity contribution in [3.05, 3.63) is 36.5 Å². The Balaban J connectivity index is 3.48. The maximum Gasteiger partial charge on any atom is 0.220 e. The van der Waals surface area contributed by atoms with Crippen LogP contribution in [-0.2, 0) is 4.79 Å². The number of hydrogen-bond donors (Lipinski definition) is 3. The van der Waals surface area contributed by atoms with Crippen LogP contribution in [-0.4, -0.2) is 34.9 Å². The maximum absolute atomic E-state index is 12.3. The van der Waals surface area contributed by atoms with Gasteiger partial charge in [0.2, 0.25) is 5.91 Å². The lowest BCUT2D eigenvalue weighted by Crippen LogP contribution is -2.45. The van der Waals surface area contributed by atoms with Gasteiger partial charge in [-0.1, -0.05) is 217 Å². The van der Waals surface area contributed by atoms with Gasteiger partial charge in [0.1, 0.15) is 0 Å². The zero-order chi connectivity index (χ0) is 36.4. The minimum atomic E-state index is -0.671. The molecule has 3 N–H and O–H groups in total. The van der Waals surface area contributed by atoms with Crippen molar-refractivity contribution < 1.29 is 15.0 Å². The van der Waals surface area contributed by atoms with Crippen molar-refractivity contribution in [3.63, 3.8) is 0 Å². The summed E-state index contributed by atoms with van der Waals surface area (Å²) in [6.07, 6.45) is 55.2. The first kappa shape index (κ1) is 48.6. The molecule has 4 nitrogen and oxygen atoms in total. The second kappa shape index (κ2) is 42.0. The van der Waals surface area contributed by atoms with E-state index in [-0.39, 0.29) is 12.5 Å². The van der Waals surface area contributed by atoms with Gasteiger partial charge in [-0.05, 0) is 44.9 Å². The summed E-state index contributed by atoms with van der Waals surface area (Å²) in [5.74, 6) is -0.0595. The van der Waals surface area contributed by atoms with E-state index < -0.39 is 12.1 Å². The second-order valence-corrected chi connectivity index (χ2v) is 15.1. The number of aliphatic hydroxyl groups is 2. The Morgan fingerprint density at radius 2 is 0.880 bits per heavy atom. The third-order valence-corrected chi connectivity index (χ3v) is 10.2. The van der Waals surface area contributed by atoms with Crippen LogP contribution in [0.5, 0.6) is 0 Å². The van der Waals surface area contributed by atoms with Crippen LogP contribution in [0.25, 0.3) is 0 Å². The molecule has 0 spiro atoms. The van der Waals surface area contributed by atoms with Gasteiger partial charge in [-0.25, -0.2) is 0 Å². The van der Waals surface area contributed by atoms with Crippen molar-refractivity contribution in [3.8, 4) is 0 Å². The van der Waals surface area contributed by atoms with E-state index in [0.29, 0.717) is 12.8 Å². The van der Waals surface area contributed by atoms with Gasteiger partial charge in [-0.2, -0.15) is 0 Å². The highest BCUT2D eigenvalue weighted by molar-refractivity contribution is 5.76. The number of unbranched alkanes of at least 4 members (excludes halogenated alkanes) is 27. The molecule has 0 aliphatic carbocycles. The Labute approximate surface area is 312 Å². The predicted molar refractivity (Wildman–Crippen MR) is 221 cm³/mol. The fraction of sp³-hybridized carbons (Fsp3) is 0.848. The van der Waals surface area contributed by atoms with Crippen molar-refractivity contribution in [2.75, 3.05) is 6.61 Å². The van der Waals surface area contributed by atoms with E-state index in [0.717, 1.165) is 57.8 Å². The first-order valence-electron chi connectivity index (χ1n) is 22.2. The summed E-state index contributed by atoms with van der Waals surface area (Å²) in [5.41, 5.74) is 0. The van der Waals surface area contributed by atoms with Crippen molar-refractivity contribution in [2.24, 2.45) is 0 Å². The number of rotatable bonds is 40. The summed E-state index contributed by atoms with van der Waals surface area (Å²) < 4.78 is 0. The molecule has 0 aliphatic rings. The zero-order valence-electron chi connectivity index (χ0n) is 33.7. The van der Waals surface area contributed by atoms with Gasteiger partial charge in [0, 0.05) is 6.42 Å². The lowest BCUT2D eigenvalue weighted by Gasteiger charge is -2.22. The van der Waals surface area contributed by atoms with E-state index in [1.165, 1.54) is 148 Å². The molecule has 0 aromatic heterocycles. The van der Waals surface area contributed by atoms with Gasteiger partial charge >= 0.3 is 0 Å². The topological polar surface area (TPSA) is 69.6 Å². The van der Waals surface area contributed by atoms with Crippen molar-refractivity contribution in [1.82, 2.24) is 5.32 Å². The molecule has 294 valence electrons. The van der Waals surface area contributed by atoms with Crippen LogP contribution in [0, 0.1) is 0 Å².